The number of hydrogen-bond donors (Lipinski definition) is 1. The zero-order valence-corrected chi connectivity index (χ0v) is 22.9. The van der Waals surface area contributed by atoms with E-state index in [1.807, 2.05) is 30.3 Å². The zero-order chi connectivity index (χ0) is 28.1. The van der Waals surface area contributed by atoms with Gasteiger partial charge in [-0.15, -0.1) is 0 Å². The molecule has 202 valence electrons. The van der Waals surface area contributed by atoms with Crippen molar-refractivity contribution in [3.8, 4) is 17.1 Å². The molecule has 5 aromatic rings. The fourth-order valence-electron chi connectivity index (χ4n) is 5.70. The van der Waals surface area contributed by atoms with E-state index in [1.165, 1.54) is 23.0 Å². The Labute approximate surface area is 238 Å². The fraction of sp³-hybridized carbons (Fsp3) is 0.121. The summed E-state index contributed by atoms with van der Waals surface area (Å²) in [5, 5.41) is 9.58. The minimum atomic E-state index is -1.03. The number of carbonyl (C=O) groups is 1. The summed E-state index contributed by atoms with van der Waals surface area (Å²) in [5.74, 6) is 0.601. The molecule has 1 N–H and O–H groups in total. The van der Waals surface area contributed by atoms with Gasteiger partial charge in [0.1, 0.15) is 17.3 Å². The van der Waals surface area contributed by atoms with Crippen LogP contribution in [0.3, 0.4) is 0 Å². The van der Waals surface area contributed by atoms with E-state index in [0.29, 0.717) is 26.4 Å². The van der Waals surface area contributed by atoms with Gasteiger partial charge in [0.15, 0.2) is 4.80 Å². The number of hydrogen-bond acceptors (Lipinski definition) is 6. The lowest BCUT2D eigenvalue weighted by Gasteiger charge is -2.30. The lowest BCUT2D eigenvalue weighted by molar-refractivity contribution is 0.0697. The monoisotopic (exact) mass is 560 g/mol. The molecule has 0 fully saturated rings. The number of allylic oxidation sites excluding steroid dienone is 1. The van der Waals surface area contributed by atoms with Crippen LogP contribution >= 0.6 is 11.3 Å². The maximum absolute atomic E-state index is 14.0. The topological polar surface area (TPSA) is 94.0 Å². The average Bonchev–Trinajstić information content (AvgIpc) is 3.60. The maximum atomic E-state index is 14.0. The third kappa shape index (κ3) is 4.24. The maximum Gasteiger partial charge on any atom is 0.336 e. The Bertz CT molecular complexity index is 2050. The fourth-order valence-corrected chi connectivity index (χ4v) is 6.68. The van der Waals surface area contributed by atoms with Crippen LogP contribution < -0.4 is 19.6 Å². The molecule has 0 saturated heterocycles. The lowest BCUT2D eigenvalue weighted by atomic mass is 9.83. The molecule has 41 heavy (non-hydrogen) atoms. The second-order valence-electron chi connectivity index (χ2n) is 9.94. The molecule has 7 rings (SSSR count). The summed E-state index contributed by atoms with van der Waals surface area (Å²) in [6, 6.07) is 26.0. The molecule has 3 heterocycles. The number of nitrogens with zero attached hydrogens (tertiary/aromatic N) is 2. The number of fused-ring (bicyclic) bond motifs is 3. The van der Waals surface area contributed by atoms with Crippen LogP contribution in [0.1, 0.15) is 45.3 Å². The number of furan rings is 1. The average molecular weight is 561 g/mol. The Kier molecular flexibility index (Phi) is 6.05. The molecule has 7 nitrogen and oxygen atoms in total. The van der Waals surface area contributed by atoms with E-state index in [0.717, 1.165) is 41.0 Å². The summed E-state index contributed by atoms with van der Waals surface area (Å²) in [6.45, 7) is 0. The molecule has 2 aromatic heterocycles. The normalized spacial score (nSPS) is 16.0. The van der Waals surface area contributed by atoms with Crippen molar-refractivity contribution < 1.29 is 19.1 Å². The highest BCUT2D eigenvalue weighted by Gasteiger charge is 2.32. The highest BCUT2D eigenvalue weighted by atomic mass is 32.1. The molecule has 0 amide bonds. The van der Waals surface area contributed by atoms with Crippen molar-refractivity contribution in [3.05, 3.63) is 138 Å². The molecule has 1 aliphatic carbocycles. The van der Waals surface area contributed by atoms with Crippen molar-refractivity contribution in [2.75, 3.05) is 7.11 Å². The highest BCUT2D eigenvalue weighted by Crippen LogP contribution is 2.41. The standard InChI is InChI=1S/C33H24N2O5S/c1-39-21-13-10-20(11-14-21)30-26-16-12-19-6-2-3-7-23(19)29(26)34-33-35(30)31(36)28(41-33)18-22-15-17-27(40-22)24-8-4-5-9-25(24)32(37)38/h2-11,13-15,17-18,30H,12,16H2,1H3,(H,37,38)/b28-18+/t30-/m0/s1. The van der Waals surface area contributed by atoms with Gasteiger partial charge in [0.2, 0.25) is 0 Å². The third-order valence-corrected chi connectivity index (χ3v) is 8.61. The number of aryl methyl sites for hydroxylation is 1. The molecule has 0 radical (unpaired) electrons. The van der Waals surface area contributed by atoms with Crippen LogP contribution in [-0.4, -0.2) is 22.8 Å². The molecule has 0 saturated carbocycles. The SMILES string of the molecule is COc1ccc([C@H]2C3=C(N=c4s/c(=C/c5ccc(-c6ccccc6C(=O)O)o5)c(=O)n42)c2ccccc2CC3)cc1. The molecule has 1 aliphatic heterocycles. The van der Waals surface area contributed by atoms with Crippen molar-refractivity contribution >= 4 is 29.1 Å². The predicted octanol–water partition coefficient (Wildman–Crippen LogP) is 5.29. The number of benzene rings is 3. The first-order valence-electron chi connectivity index (χ1n) is 13.2. The molecule has 0 bridgehead atoms. The molecule has 1 atom stereocenters. The Morgan fingerprint density at radius 2 is 1.76 bits per heavy atom. The number of thiazole rings is 1. The van der Waals surface area contributed by atoms with E-state index in [9.17, 15) is 14.7 Å². The van der Waals surface area contributed by atoms with Crippen molar-refractivity contribution in [1.29, 1.82) is 0 Å². The van der Waals surface area contributed by atoms with Gasteiger partial charge in [0, 0.05) is 17.2 Å². The minimum absolute atomic E-state index is 0.149. The number of carboxylic acids is 1. The Hall–Kier alpha value is -4.95. The first kappa shape index (κ1) is 25.0. The first-order valence-corrected chi connectivity index (χ1v) is 14.0. The summed E-state index contributed by atoms with van der Waals surface area (Å²) in [5.41, 5.74) is 5.90. The van der Waals surface area contributed by atoms with Gasteiger partial charge >= 0.3 is 5.97 Å². The number of rotatable bonds is 5. The van der Waals surface area contributed by atoms with Gasteiger partial charge in [-0.25, -0.2) is 9.79 Å². The Morgan fingerprint density at radius 3 is 2.54 bits per heavy atom. The zero-order valence-electron chi connectivity index (χ0n) is 22.0. The lowest BCUT2D eigenvalue weighted by Crippen LogP contribution is -2.38. The second-order valence-corrected chi connectivity index (χ2v) is 10.9. The van der Waals surface area contributed by atoms with Gasteiger partial charge in [-0.3, -0.25) is 9.36 Å². The van der Waals surface area contributed by atoms with E-state index in [2.05, 4.69) is 18.2 Å². The molecule has 2 aliphatic rings. The Morgan fingerprint density at radius 1 is 1.00 bits per heavy atom. The third-order valence-electron chi connectivity index (χ3n) is 7.63. The van der Waals surface area contributed by atoms with Crippen molar-refractivity contribution in [2.45, 2.75) is 18.9 Å². The summed E-state index contributed by atoms with van der Waals surface area (Å²) >= 11 is 1.32. The van der Waals surface area contributed by atoms with E-state index in [-0.39, 0.29) is 17.2 Å². The smallest absolute Gasteiger partial charge is 0.336 e. The summed E-state index contributed by atoms with van der Waals surface area (Å²) < 4.78 is 13.7. The predicted molar refractivity (Wildman–Crippen MR) is 157 cm³/mol. The molecular weight excluding hydrogens is 536 g/mol. The van der Waals surface area contributed by atoms with Gasteiger partial charge in [0.25, 0.3) is 5.56 Å². The number of ether oxygens (including phenoxy) is 1. The van der Waals surface area contributed by atoms with Crippen LogP contribution in [0.2, 0.25) is 0 Å². The molecule has 0 unspecified atom stereocenters. The van der Waals surface area contributed by atoms with Gasteiger partial charge in [0.05, 0.1) is 28.9 Å². The number of methoxy groups -OCH3 is 1. The first-order chi connectivity index (χ1) is 20.0. The number of aromatic nitrogens is 1. The highest BCUT2D eigenvalue weighted by molar-refractivity contribution is 7.07. The molecule has 0 spiro atoms. The van der Waals surface area contributed by atoms with Crippen molar-refractivity contribution in [1.82, 2.24) is 4.57 Å². The number of aromatic carboxylic acids is 1. The van der Waals surface area contributed by atoms with Crippen LogP contribution in [-0.2, 0) is 6.42 Å². The van der Waals surface area contributed by atoms with Crippen LogP contribution in [0.5, 0.6) is 5.75 Å². The van der Waals surface area contributed by atoms with Gasteiger partial charge in [-0.1, -0.05) is 65.9 Å². The Balaban J connectivity index is 1.39. The van der Waals surface area contributed by atoms with E-state index in [4.69, 9.17) is 14.1 Å². The van der Waals surface area contributed by atoms with Gasteiger partial charge in [-0.05, 0) is 59.9 Å². The second kappa shape index (κ2) is 9.91. The van der Waals surface area contributed by atoms with Gasteiger partial charge < -0.3 is 14.3 Å². The molecule has 3 aromatic carbocycles. The minimum Gasteiger partial charge on any atom is -0.497 e. The van der Waals surface area contributed by atoms with Crippen LogP contribution in [0.15, 0.2) is 105 Å². The summed E-state index contributed by atoms with van der Waals surface area (Å²) in [7, 11) is 1.64. The number of carboxylic acid groups (broad SMARTS) is 1. The van der Waals surface area contributed by atoms with E-state index >= 15 is 0 Å². The quantitative estimate of drug-likeness (QED) is 0.316. The van der Waals surface area contributed by atoms with Crippen LogP contribution in [0.4, 0.5) is 0 Å². The van der Waals surface area contributed by atoms with E-state index in [1.54, 1.807) is 48.1 Å². The molecule has 8 heteroatoms. The summed E-state index contributed by atoms with van der Waals surface area (Å²) in [6.07, 6.45) is 3.40. The molecular formula is C33H24N2O5S. The summed E-state index contributed by atoms with van der Waals surface area (Å²) in [4.78, 5) is 31.4. The van der Waals surface area contributed by atoms with E-state index < -0.39 is 5.97 Å². The van der Waals surface area contributed by atoms with Gasteiger partial charge in [-0.2, -0.15) is 0 Å². The van der Waals surface area contributed by atoms with Crippen molar-refractivity contribution in [2.24, 2.45) is 4.99 Å². The van der Waals surface area contributed by atoms with Crippen molar-refractivity contribution in [3.63, 3.8) is 0 Å². The van der Waals surface area contributed by atoms with Crippen LogP contribution in [0.25, 0.3) is 23.1 Å². The largest absolute Gasteiger partial charge is 0.497 e. The van der Waals surface area contributed by atoms with Crippen LogP contribution in [0, 0.1) is 0 Å².